The maximum Gasteiger partial charge on any atom is 0.0757 e. The minimum atomic E-state index is 0.500. The number of halogens is 1. The van der Waals surface area contributed by atoms with Crippen LogP contribution in [0.1, 0.15) is 43.6 Å². The lowest BCUT2D eigenvalue weighted by Crippen LogP contribution is -2.49. The number of ether oxygens (including phenoxy) is 1. The molecule has 2 aliphatic carbocycles. The number of nitrogens with one attached hydrogen (secondary N) is 1. The third kappa shape index (κ3) is 2.61. The maximum atomic E-state index is 6.07. The van der Waals surface area contributed by atoms with Crippen LogP contribution in [0.2, 0.25) is 5.02 Å². The second-order valence-corrected chi connectivity index (χ2v) is 7.09. The molecule has 108 valence electrons. The van der Waals surface area contributed by atoms with Crippen molar-refractivity contribution in [1.29, 1.82) is 0 Å². The second-order valence-electron chi connectivity index (χ2n) is 6.65. The van der Waals surface area contributed by atoms with Crippen LogP contribution in [-0.2, 0) is 4.74 Å². The lowest BCUT2D eigenvalue weighted by Gasteiger charge is -2.39. The van der Waals surface area contributed by atoms with E-state index >= 15 is 0 Å². The van der Waals surface area contributed by atoms with Gasteiger partial charge in [-0.1, -0.05) is 23.7 Å². The zero-order valence-electron chi connectivity index (χ0n) is 11.7. The fourth-order valence-electron chi connectivity index (χ4n) is 3.77. The number of hydrogen-bond acceptors (Lipinski definition) is 2. The summed E-state index contributed by atoms with van der Waals surface area (Å²) in [7, 11) is 0. The van der Waals surface area contributed by atoms with Gasteiger partial charge in [-0.15, -0.1) is 0 Å². The first-order valence-electron chi connectivity index (χ1n) is 7.93. The predicted octanol–water partition coefficient (Wildman–Crippen LogP) is 3.74. The molecule has 2 nitrogen and oxygen atoms in total. The molecule has 0 radical (unpaired) electrons. The van der Waals surface area contributed by atoms with Crippen molar-refractivity contribution in [3.63, 3.8) is 0 Å². The monoisotopic (exact) mass is 291 g/mol. The summed E-state index contributed by atoms with van der Waals surface area (Å²) < 4.78 is 5.91. The summed E-state index contributed by atoms with van der Waals surface area (Å²) in [4.78, 5) is 0. The van der Waals surface area contributed by atoms with Crippen molar-refractivity contribution in [2.75, 3.05) is 6.61 Å². The molecule has 0 spiro atoms. The van der Waals surface area contributed by atoms with Crippen molar-refractivity contribution in [2.24, 2.45) is 5.92 Å². The predicted molar refractivity (Wildman–Crippen MR) is 81.2 cm³/mol. The Bertz CT molecular complexity index is 482. The quantitative estimate of drug-likeness (QED) is 0.912. The molecule has 1 aliphatic heterocycles. The highest BCUT2D eigenvalue weighted by atomic mass is 35.5. The molecular weight excluding hydrogens is 270 g/mol. The van der Waals surface area contributed by atoms with Crippen LogP contribution in [0, 0.1) is 5.92 Å². The third-order valence-corrected chi connectivity index (χ3v) is 5.37. The van der Waals surface area contributed by atoms with Gasteiger partial charge in [0.25, 0.3) is 0 Å². The van der Waals surface area contributed by atoms with E-state index in [0.717, 1.165) is 17.5 Å². The molecule has 3 heteroatoms. The van der Waals surface area contributed by atoms with Gasteiger partial charge < -0.3 is 10.1 Å². The smallest absolute Gasteiger partial charge is 0.0757 e. The summed E-state index contributed by atoms with van der Waals surface area (Å²) >= 11 is 6.07. The first kappa shape index (κ1) is 13.1. The van der Waals surface area contributed by atoms with Crippen molar-refractivity contribution in [2.45, 2.75) is 56.2 Å². The zero-order chi connectivity index (χ0) is 13.5. The summed E-state index contributed by atoms with van der Waals surface area (Å²) in [5, 5.41) is 4.70. The van der Waals surface area contributed by atoms with E-state index in [0.29, 0.717) is 24.1 Å². The highest BCUT2D eigenvalue weighted by Gasteiger charge is 2.42. The molecular formula is C17H22ClNO. The molecule has 3 fully saturated rings. The Morgan fingerprint density at radius 1 is 1.15 bits per heavy atom. The average Bonchev–Trinajstić information content (AvgIpc) is 3.13. The van der Waals surface area contributed by atoms with Crippen molar-refractivity contribution in [1.82, 2.24) is 5.32 Å². The number of hydrogen-bond donors (Lipinski definition) is 1. The number of benzene rings is 1. The Balaban J connectivity index is 1.30. The molecule has 1 N–H and O–H groups in total. The zero-order valence-corrected chi connectivity index (χ0v) is 12.5. The average molecular weight is 292 g/mol. The Labute approximate surface area is 125 Å². The van der Waals surface area contributed by atoms with Crippen LogP contribution in [0.3, 0.4) is 0 Å². The van der Waals surface area contributed by atoms with Crippen LogP contribution in [-0.4, -0.2) is 24.8 Å². The fraction of sp³-hybridized carbons (Fsp3) is 0.647. The van der Waals surface area contributed by atoms with E-state index in [-0.39, 0.29) is 0 Å². The van der Waals surface area contributed by atoms with Gasteiger partial charge >= 0.3 is 0 Å². The summed E-state index contributed by atoms with van der Waals surface area (Å²) in [5.74, 6) is 1.53. The van der Waals surface area contributed by atoms with Gasteiger partial charge in [-0.05, 0) is 61.6 Å². The van der Waals surface area contributed by atoms with Gasteiger partial charge in [-0.25, -0.2) is 0 Å². The molecule has 4 rings (SSSR count). The van der Waals surface area contributed by atoms with E-state index in [1.165, 1.54) is 37.7 Å². The summed E-state index contributed by atoms with van der Waals surface area (Å²) in [6.07, 6.45) is 6.93. The lowest BCUT2D eigenvalue weighted by atomic mass is 9.75. The SMILES string of the molecule is Clc1cccc(C2CC(NC3CCOC3C3CC3)C2)c1. The highest BCUT2D eigenvalue weighted by molar-refractivity contribution is 6.30. The molecule has 0 bridgehead atoms. The molecule has 2 atom stereocenters. The van der Waals surface area contributed by atoms with E-state index in [1.54, 1.807) is 0 Å². The fourth-order valence-corrected chi connectivity index (χ4v) is 3.97. The van der Waals surface area contributed by atoms with E-state index in [1.807, 2.05) is 6.07 Å². The molecule has 20 heavy (non-hydrogen) atoms. The topological polar surface area (TPSA) is 21.3 Å². The normalized spacial score (nSPS) is 36.9. The first-order chi connectivity index (χ1) is 9.79. The second kappa shape index (κ2) is 5.32. The Morgan fingerprint density at radius 3 is 2.75 bits per heavy atom. The first-order valence-corrected chi connectivity index (χ1v) is 8.30. The Kier molecular flexibility index (Phi) is 3.49. The van der Waals surface area contributed by atoms with Gasteiger partial charge in [0.05, 0.1) is 6.10 Å². The largest absolute Gasteiger partial charge is 0.376 e. The van der Waals surface area contributed by atoms with E-state index < -0.39 is 0 Å². The standard InChI is InChI=1S/C17H22ClNO/c18-14-3-1-2-12(8-14)13-9-15(10-13)19-16-6-7-20-17(16)11-4-5-11/h1-3,8,11,13,15-17,19H,4-7,9-10H2. The van der Waals surface area contributed by atoms with Crippen LogP contribution in [0.15, 0.2) is 24.3 Å². The number of rotatable bonds is 4. The summed E-state index contributed by atoms with van der Waals surface area (Å²) in [6.45, 7) is 0.948. The molecule has 2 unspecified atom stereocenters. The van der Waals surface area contributed by atoms with E-state index in [9.17, 15) is 0 Å². The van der Waals surface area contributed by atoms with Crippen molar-refractivity contribution in [3.8, 4) is 0 Å². The van der Waals surface area contributed by atoms with Crippen LogP contribution in [0.25, 0.3) is 0 Å². The Hall–Kier alpha value is -0.570. The van der Waals surface area contributed by atoms with Gasteiger partial charge in [0.1, 0.15) is 0 Å². The summed E-state index contributed by atoms with van der Waals surface area (Å²) in [5.41, 5.74) is 1.40. The minimum Gasteiger partial charge on any atom is -0.376 e. The van der Waals surface area contributed by atoms with Gasteiger partial charge in [0, 0.05) is 23.7 Å². The van der Waals surface area contributed by atoms with E-state index in [2.05, 4.69) is 23.5 Å². The molecule has 1 heterocycles. The lowest BCUT2D eigenvalue weighted by molar-refractivity contribution is 0.0749. The molecule has 0 amide bonds. The molecule has 2 saturated carbocycles. The van der Waals surface area contributed by atoms with Crippen LogP contribution in [0.4, 0.5) is 0 Å². The van der Waals surface area contributed by atoms with E-state index in [4.69, 9.17) is 16.3 Å². The van der Waals surface area contributed by atoms with Crippen LogP contribution < -0.4 is 5.32 Å². The summed E-state index contributed by atoms with van der Waals surface area (Å²) in [6, 6.07) is 9.62. The third-order valence-electron chi connectivity index (χ3n) is 5.13. The van der Waals surface area contributed by atoms with Gasteiger partial charge in [0.2, 0.25) is 0 Å². The molecule has 0 aromatic heterocycles. The Morgan fingerprint density at radius 2 is 2.00 bits per heavy atom. The highest BCUT2D eigenvalue weighted by Crippen LogP contribution is 2.41. The van der Waals surface area contributed by atoms with Gasteiger partial charge in [-0.2, -0.15) is 0 Å². The molecule has 3 aliphatic rings. The van der Waals surface area contributed by atoms with Crippen molar-refractivity contribution < 1.29 is 4.74 Å². The molecule has 1 saturated heterocycles. The van der Waals surface area contributed by atoms with Crippen LogP contribution >= 0.6 is 11.6 Å². The van der Waals surface area contributed by atoms with Crippen LogP contribution in [0.5, 0.6) is 0 Å². The minimum absolute atomic E-state index is 0.500. The van der Waals surface area contributed by atoms with Crippen molar-refractivity contribution in [3.05, 3.63) is 34.9 Å². The molecule has 1 aromatic rings. The van der Waals surface area contributed by atoms with Gasteiger partial charge in [0.15, 0.2) is 0 Å². The maximum absolute atomic E-state index is 6.07. The molecule has 1 aromatic carbocycles. The van der Waals surface area contributed by atoms with Crippen molar-refractivity contribution >= 4 is 11.6 Å². The van der Waals surface area contributed by atoms with Gasteiger partial charge in [-0.3, -0.25) is 0 Å².